The van der Waals surface area contributed by atoms with E-state index in [2.05, 4.69) is 24.2 Å². The number of nitrogen functional groups attached to an aromatic ring is 1. The van der Waals surface area contributed by atoms with Crippen molar-refractivity contribution in [1.29, 1.82) is 0 Å². The first-order chi connectivity index (χ1) is 9.60. The number of nitrogens with zero attached hydrogens (tertiary/aromatic N) is 1. The first-order valence-corrected chi connectivity index (χ1v) is 7.44. The molecule has 1 aliphatic rings. The van der Waals surface area contributed by atoms with Crippen molar-refractivity contribution < 1.29 is 4.79 Å². The quantitative estimate of drug-likeness (QED) is 0.456. The molecular formula is C16H25N3O. The van der Waals surface area contributed by atoms with E-state index in [0.717, 1.165) is 25.0 Å². The van der Waals surface area contributed by atoms with E-state index >= 15 is 0 Å². The topological polar surface area (TPSA) is 58.4 Å². The van der Waals surface area contributed by atoms with Gasteiger partial charge in [-0.25, -0.2) is 5.84 Å². The summed E-state index contributed by atoms with van der Waals surface area (Å²) in [7, 11) is 0. The fourth-order valence-electron chi connectivity index (χ4n) is 2.33. The maximum Gasteiger partial charge on any atom is 0.265 e. The number of carbonyl (C=O) groups is 1. The lowest BCUT2D eigenvalue weighted by Gasteiger charge is -2.23. The van der Waals surface area contributed by atoms with Crippen LogP contribution in [0.15, 0.2) is 24.3 Å². The smallest absolute Gasteiger partial charge is 0.265 e. The van der Waals surface area contributed by atoms with Crippen molar-refractivity contribution in [3.8, 4) is 0 Å². The van der Waals surface area contributed by atoms with Crippen molar-refractivity contribution in [3.63, 3.8) is 0 Å². The number of benzene rings is 1. The zero-order chi connectivity index (χ0) is 14.5. The Hall–Kier alpha value is -1.39. The molecule has 110 valence electrons. The number of hydrogen-bond donors (Lipinski definition) is 2. The van der Waals surface area contributed by atoms with Gasteiger partial charge in [-0.15, -0.1) is 0 Å². The first kappa shape index (κ1) is 15.0. The van der Waals surface area contributed by atoms with Gasteiger partial charge in [0.2, 0.25) is 0 Å². The fourth-order valence-corrected chi connectivity index (χ4v) is 2.33. The summed E-state index contributed by atoms with van der Waals surface area (Å²) in [6, 6.07) is 8.49. The number of hydrogen-bond acceptors (Lipinski definition) is 3. The Morgan fingerprint density at radius 1 is 1.35 bits per heavy atom. The number of nitrogens with one attached hydrogen (secondary N) is 1. The van der Waals surface area contributed by atoms with E-state index in [1.54, 1.807) is 0 Å². The van der Waals surface area contributed by atoms with E-state index in [0.29, 0.717) is 5.56 Å². The van der Waals surface area contributed by atoms with E-state index in [9.17, 15) is 4.79 Å². The average Bonchev–Trinajstić information content (AvgIpc) is 3.27. The number of rotatable bonds is 7. The predicted molar refractivity (Wildman–Crippen MR) is 81.0 cm³/mol. The van der Waals surface area contributed by atoms with Crippen LogP contribution in [0.1, 0.15) is 49.0 Å². The Morgan fingerprint density at radius 2 is 2.00 bits per heavy atom. The standard InChI is InChI=1S/C16H25N3O/c1-12(2)9-10-19(15-7-8-15)11-13-3-5-14(6-4-13)16(20)18-17/h3-6,12,15H,7-11,17H2,1-2H3,(H,18,20). The molecule has 0 spiro atoms. The molecule has 1 saturated carbocycles. The molecule has 20 heavy (non-hydrogen) atoms. The summed E-state index contributed by atoms with van der Waals surface area (Å²) < 4.78 is 0. The van der Waals surface area contributed by atoms with Gasteiger partial charge in [-0.3, -0.25) is 15.1 Å². The number of amides is 1. The lowest BCUT2D eigenvalue weighted by Crippen LogP contribution is -2.30. The number of carbonyl (C=O) groups excluding carboxylic acids is 1. The maximum absolute atomic E-state index is 11.4. The molecule has 0 heterocycles. The molecule has 3 N–H and O–H groups in total. The summed E-state index contributed by atoms with van der Waals surface area (Å²) >= 11 is 0. The summed E-state index contributed by atoms with van der Waals surface area (Å²) in [4.78, 5) is 14.0. The molecule has 0 aromatic heterocycles. The van der Waals surface area contributed by atoms with Crippen LogP contribution in [-0.2, 0) is 6.54 Å². The van der Waals surface area contributed by atoms with Crippen LogP contribution in [0.25, 0.3) is 0 Å². The van der Waals surface area contributed by atoms with Crippen molar-refractivity contribution in [2.24, 2.45) is 11.8 Å². The minimum atomic E-state index is -0.240. The first-order valence-electron chi connectivity index (χ1n) is 7.44. The number of hydrazine groups is 1. The molecule has 4 heteroatoms. The molecule has 1 aliphatic carbocycles. The van der Waals surface area contributed by atoms with Crippen molar-refractivity contribution in [2.45, 2.75) is 45.7 Å². The van der Waals surface area contributed by atoms with Crippen molar-refractivity contribution >= 4 is 5.91 Å². The average molecular weight is 275 g/mol. The van der Waals surface area contributed by atoms with Crippen LogP contribution >= 0.6 is 0 Å². The largest absolute Gasteiger partial charge is 0.296 e. The molecule has 0 bridgehead atoms. The molecule has 0 unspecified atom stereocenters. The van der Waals surface area contributed by atoms with Crippen LogP contribution in [-0.4, -0.2) is 23.4 Å². The van der Waals surface area contributed by atoms with Crippen LogP contribution in [0.5, 0.6) is 0 Å². The third-order valence-electron chi connectivity index (χ3n) is 3.79. The highest BCUT2D eigenvalue weighted by molar-refractivity contribution is 5.93. The molecule has 0 aliphatic heterocycles. The van der Waals surface area contributed by atoms with Crippen molar-refractivity contribution in [2.75, 3.05) is 6.54 Å². The summed E-state index contributed by atoms with van der Waals surface area (Å²) in [5.74, 6) is 5.63. The lowest BCUT2D eigenvalue weighted by molar-refractivity contribution is 0.0953. The minimum Gasteiger partial charge on any atom is -0.296 e. The predicted octanol–water partition coefficient (Wildman–Crippen LogP) is 2.30. The summed E-state index contributed by atoms with van der Waals surface area (Å²) in [6.45, 7) is 6.67. The molecule has 0 saturated heterocycles. The van der Waals surface area contributed by atoms with Gasteiger partial charge < -0.3 is 0 Å². The van der Waals surface area contributed by atoms with Gasteiger partial charge in [0, 0.05) is 18.2 Å². The fraction of sp³-hybridized carbons (Fsp3) is 0.562. The second kappa shape index (κ2) is 6.86. The Morgan fingerprint density at radius 3 is 2.50 bits per heavy atom. The molecule has 0 atom stereocenters. The summed E-state index contributed by atoms with van der Waals surface area (Å²) in [5.41, 5.74) is 4.02. The van der Waals surface area contributed by atoms with Gasteiger partial charge in [0.1, 0.15) is 0 Å². The van der Waals surface area contributed by atoms with E-state index in [1.807, 2.05) is 24.3 Å². The third kappa shape index (κ3) is 4.32. The number of nitrogens with two attached hydrogens (primary N) is 1. The van der Waals surface area contributed by atoms with Gasteiger partial charge in [0.25, 0.3) is 5.91 Å². The molecule has 1 aromatic rings. The zero-order valence-electron chi connectivity index (χ0n) is 12.4. The summed E-state index contributed by atoms with van der Waals surface area (Å²) in [6.07, 6.45) is 3.89. The van der Waals surface area contributed by atoms with Crippen LogP contribution in [0.3, 0.4) is 0 Å². The maximum atomic E-state index is 11.4. The Labute approximate surface area is 121 Å². The van der Waals surface area contributed by atoms with Crippen LogP contribution < -0.4 is 11.3 Å². The Balaban J connectivity index is 1.94. The SMILES string of the molecule is CC(C)CCN(Cc1ccc(C(=O)NN)cc1)C1CC1. The van der Waals surface area contributed by atoms with Gasteiger partial charge in [0.15, 0.2) is 0 Å². The van der Waals surface area contributed by atoms with Gasteiger partial charge in [0.05, 0.1) is 0 Å². The monoisotopic (exact) mass is 275 g/mol. The van der Waals surface area contributed by atoms with Gasteiger partial charge in [-0.1, -0.05) is 26.0 Å². The van der Waals surface area contributed by atoms with E-state index < -0.39 is 0 Å². The molecular weight excluding hydrogens is 250 g/mol. The second-order valence-electron chi connectivity index (χ2n) is 6.05. The lowest BCUT2D eigenvalue weighted by atomic mass is 10.1. The van der Waals surface area contributed by atoms with Crippen molar-refractivity contribution in [1.82, 2.24) is 10.3 Å². The molecule has 0 radical (unpaired) electrons. The molecule has 2 rings (SSSR count). The summed E-state index contributed by atoms with van der Waals surface area (Å²) in [5, 5.41) is 0. The highest BCUT2D eigenvalue weighted by Crippen LogP contribution is 2.28. The van der Waals surface area contributed by atoms with Gasteiger partial charge in [-0.2, -0.15) is 0 Å². The van der Waals surface area contributed by atoms with Crippen molar-refractivity contribution in [3.05, 3.63) is 35.4 Å². The highest BCUT2D eigenvalue weighted by atomic mass is 16.2. The molecule has 1 amide bonds. The van der Waals surface area contributed by atoms with Gasteiger partial charge in [-0.05, 0) is 49.4 Å². The van der Waals surface area contributed by atoms with Gasteiger partial charge >= 0.3 is 0 Å². The zero-order valence-corrected chi connectivity index (χ0v) is 12.4. The van der Waals surface area contributed by atoms with Crippen LogP contribution in [0, 0.1) is 5.92 Å². The van der Waals surface area contributed by atoms with E-state index in [4.69, 9.17) is 5.84 Å². The molecule has 4 nitrogen and oxygen atoms in total. The molecule has 1 fully saturated rings. The second-order valence-corrected chi connectivity index (χ2v) is 6.05. The van der Waals surface area contributed by atoms with Crippen LogP contribution in [0.4, 0.5) is 0 Å². The van der Waals surface area contributed by atoms with E-state index in [1.165, 1.54) is 24.8 Å². The normalized spacial score (nSPS) is 14.8. The Bertz CT molecular complexity index is 438. The third-order valence-corrected chi connectivity index (χ3v) is 3.79. The van der Waals surface area contributed by atoms with Crippen LogP contribution in [0.2, 0.25) is 0 Å². The minimum absolute atomic E-state index is 0.240. The highest BCUT2D eigenvalue weighted by Gasteiger charge is 2.28. The Kier molecular flexibility index (Phi) is 5.15. The van der Waals surface area contributed by atoms with E-state index in [-0.39, 0.29) is 5.91 Å². The molecule has 1 aromatic carbocycles.